The Bertz CT molecular complexity index is 900. The molecule has 3 rings (SSSR count). The van der Waals surface area contributed by atoms with Crippen molar-refractivity contribution in [3.05, 3.63) is 29.6 Å². The minimum absolute atomic E-state index is 0.0854. The summed E-state index contributed by atoms with van der Waals surface area (Å²) in [5, 5.41) is 18.3. The lowest BCUT2D eigenvalue weighted by atomic mass is 9.76. The lowest BCUT2D eigenvalue weighted by molar-refractivity contribution is -0.0283. The van der Waals surface area contributed by atoms with Crippen LogP contribution in [0.3, 0.4) is 0 Å². The van der Waals surface area contributed by atoms with Crippen LogP contribution in [0.2, 0.25) is 0 Å². The molecular weight excluding hydrogens is 348 g/mol. The SMILES string of the molecule is CCOC(=O)c1cc2c(N[C@H]3CC[C@](C)(O)C3(C)C)c(C(N)=O)cnn2c1. The van der Waals surface area contributed by atoms with Gasteiger partial charge in [0, 0.05) is 17.7 Å². The van der Waals surface area contributed by atoms with Gasteiger partial charge in [0.05, 0.1) is 40.7 Å². The van der Waals surface area contributed by atoms with E-state index in [1.807, 2.05) is 20.8 Å². The van der Waals surface area contributed by atoms with E-state index < -0.39 is 22.9 Å². The van der Waals surface area contributed by atoms with Gasteiger partial charge in [0.1, 0.15) is 0 Å². The van der Waals surface area contributed by atoms with Crippen molar-refractivity contribution in [3.63, 3.8) is 0 Å². The molecule has 4 N–H and O–H groups in total. The van der Waals surface area contributed by atoms with Crippen molar-refractivity contribution >= 4 is 23.1 Å². The molecule has 27 heavy (non-hydrogen) atoms. The largest absolute Gasteiger partial charge is 0.462 e. The molecule has 1 saturated carbocycles. The standard InChI is InChI=1S/C19H26N4O4/c1-5-27-17(25)11-8-13-15(12(16(20)24)9-21-23(13)10-11)22-14-6-7-19(4,26)18(14,2)3/h8-10,14,22,26H,5-7H2,1-4H3,(H2,20,24)/t14-,19-/m0/s1. The zero-order valence-corrected chi connectivity index (χ0v) is 16.1. The fourth-order valence-corrected chi connectivity index (χ4v) is 3.63. The van der Waals surface area contributed by atoms with Gasteiger partial charge in [-0.1, -0.05) is 13.8 Å². The third-order valence-corrected chi connectivity index (χ3v) is 5.91. The van der Waals surface area contributed by atoms with Crippen LogP contribution >= 0.6 is 0 Å². The van der Waals surface area contributed by atoms with Gasteiger partial charge in [-0.3, -0.25) is 4.79 Å². The van der Waals surface area contributed by atoms with Gasteiger partial charge in [0.25, 0.3) is 5.91 Å². The van der Waals surface area contributed by atoms with Crippen molar-refractivity contribution in [2.24, 2.45) is 11.1 Å². The van der Waals surface area contributed by atoms with Gasteiger partial charge >= 0.3 is 5.97 Å². The van der Waals surface area contributed by atoms with E-state index >= 15 is 0 Å². The quantitative estimate of drug-likeness (QED) is 0.689. The molecule has 2 atom stereocenters. The zero-order valence-electron chi connectivity index (χ0n) is 16.1. The molecule has 1 fully saturated rings. The summed E-state index contributed by atoms with van der Waals surface area (Å²) in [6.45, 7) is 7.80. The van der Waals surface area contributed by atoms with Gasteiger partial charge in [-0.15, -0.1) is 0 Å². The van der Waals surface area contributed by atoms with Gasteiger partial charge in [-0.2, -0.15) is 5.10 Å². The Balaban J connectivity index is 2.08. The second-order valence-corrected chi connectivity index (χ2v) is 7.81. The van der Waals surface area contributed by atoms with Gasteiger partial charge < -0.3 is 20.9 Å². The molecule has 1 aliphatic rings. The number of fused-ring (bicyclic) bond motifs is 1. The molecule has 0 saturated heterocycles. The van der Waals surface area contributed by atoms with Crippen molar-refractivity contribution in [2.75, 3.05) is 11.9 Å². The molecule has 0 radical (unpaired) electrons. The molecule has 1 aliphatic carbocycles. The third kappa shape index (κ3) is 3.14. The molecule has 2 aromatic rings. The number of nitrogens with zero attached hydrogens (tertiary/aromatic N) is 2. The average molecular weight is 374 g/mol. The Morgan fingerprint density at radius 1 is 1.44 bits per heavy atom. The maximum atomic E-state index is 12.1. The van der Waals surface area contributed by atoms with E-state index in [9.17, 15) is 14.7 Å². The van der Waals surface area contributed by atoms with Crippen molar-refractivity contribution < 1.29 is 19.4 Å². The van der Waals surface area contributed by atoms with Gasteiger partial charge in [-0.25, -0.2) is 9.31 Å². The number of carbonyl (C=O) groups is 2. The van der Waals surface area contributed by atoms with E-state index in [2.05, 4.69) is 10.4 Å². The van der Waals surface area contributed by atoms with Crippen LogP contribution in [0.15, 0.2) is 18.5 Å². The fourth-order valence-electron chi connectivity index (χ4n) is 3.63. The second kappa shape index (κ2) is 6.53. The van der Waals surface area contributed by atoms with E-state index in [-0.39, 0.29) is 18.2 Å². The Labute approximate surface area is 157 Å². The van der Waals surface area contributed by atoms with Crippen molar-refractivity contribution in [1.82, 2.24) is 9.61 Å². The lowest BCUT2D eigenvalue weighted by Gasteiger charge is -2.38. The van der Waals surface area contributed by atoms with Gasteiger partial charge in [-0.05, 0) is 32.8 Å². The molecule has 0 bridgehead atoms. The van der Waals surface area contributed by atoms with Crippen molar-refractivity contribution in [1.29, 1.82) is 0 Å². The predicted molar refractivity (Wildman–Crippen MR) is 101 cm³/mol. The minimum Gasteiger partial charge on any atom is -0.462 e. The maximum Gasteiger partial charge on any atom is 0.339 e. The summed E-state index contributed by atoms with van der Waals surface area (Å²) in [5.41, 5.74) is 5.91. The molecule has 2 aromatic heterocycles. The summed E-state index contributed by atoms with van der Waals surface area (Å²) in [6.07, 6.45) is 4.31. The molecule has 0 aliphatic heterocycles. The van der Waals surface area contributed by atoms with Crippen molar-refractivity contribution in [3.8, 4) is 0 Å². The Morgan fingerprint density at radius 3 is 2.70 bits per heavy atom. The average Bonchev–Trinajstić information content (AvgIpc) is 3.09. The molecule has 146 valence electrons. The van der Waals surface area contributed by atoms with Crippen LogP contribution in [-0.4, -0.2) is 44.8 Å². The summed E-state index contributed by atoms with van der Waals surface area (Å²) in [4.78, 5) is 24.0. The number of amides is 1. The molecule has 0 aromatic carbocycles. The number of aromatic nitrogens is 2. The normalized spacial score (nSPS) is 24.1. The number of anilines is 1. The number of nitrogens with one attached hydrogen (secondary N) is 1. The maximum absolute atomic E-state index is 12.1. The third-order valence-electron chi connectivity index (χ3n) is 5.91. The number of carbonyl (C=O) groups excluding carboxylic acids is 2. The first-order valence-corrected chi connectivity index (χ1v) is 9.05. The Morgan fingerprint density at radius 2 is 2.15 bits per heavy atom. The van der Waals surface area contributed by atoms with Gasteiger partial charge in [0.15, 0.2) is 0 Å². The van der Waals surface area contributed by atoms with E-state index in [4.69, 9.17) is 10.5 Å². The molecule has 8 nitrogen and oxygen atoms in total. The molecule has 2 heterocycles. The highest BCUT2D eigenvalue weighted by atomic mass is 16.5. The molecule has 8 heteroatoms. The molecule has 0 spiro atoms. The fraction of sp³-hybridized carbons (Fsp3) is 0.526. The van der Waals surface area contributed by atoms with Crippen LogP contribution in [0.1, 0.15) is 61.3 Å². The van der Waals surface area contributed by atoms with Crippen molar-refractivity contribution in [2.45, 2.75) is 52.2 Å². The van der Waals surface area contributed by atoms with E-state index in [1.54, 1.807) is 19.2 Å². The van der Waals surface area contributed by atoms with E-state index in [0.29, 0.717) is 23.2 Å². The number of hydrogen-bond acceptors (Lipinski definition) is 6. The van der Waals surface area contributed by atoms with Crippen LogP contribution < -0.4 is 11.1 Å². The zero-order chi connectivity index (χ0) is 20.0. The number of nitrogens with two attached hydrogens (primary N) is 1. The van der Waals surface area contributed by atoms with Crippen LogP contribution in [0.4, 0.5) is 5.69 Å². The Kier molecular flexibility index (Phi) is 4.63. The molecule has 0 unspecified atom stereocenters. The summed E-state index contributed by atoms with van der Waals surface area (Å²) < 4.78 is 6.56. The minimum atomic E-state index is -0.834. The summed E-state index contributed by atoms with van der Waals surface area (Å²) in [5.74, 6) is -1.08. The van der Waals surface area contributed by atoms with Gasteiger partial charge in [0.2, 0.25) is 0 Å². The topological polar surface area (TPSA) is 119 Å². The number of hydrogen-bond donors (Lipinski definition) is 3. The van der Waals surface area contributed by atoms with Crippen LogP contribution in [0, 0.1) is 5.41 Å². The van der Waals surface area contributed by atoms with Crippen LogP contribution in [0.5, 0.6) is 0 Å². The summed E-state index contributed by atoms with van der Waals surface area (Å²) in [6, 6.07) is 1.54. The number of primary amides is 1. The highest BCUT2D eigenvalue weighted by molar-refractivity contribution is 6.03. The summed E-state index contributed by atoms with van der Waals surface area (Å²) in [7, 11) is 0. The van der Waals surface area contributed by atoms with E-state index in [1.165, 1.54) is 10.7 Å². The first-order chi connectivity index (χ1) is 12.6. The first kappa shape index (κ1) is 19.2. The predicted octanol–water partition coefficient (Wildman–Crippen LogP) is 1.96. The second-order valence-electron chi connectivity index (χ2n) is 7.81. The smallest absolute Gasteiger partial charge is 0.339 e. The number of aliphatic hydroxyl groups is 1. The highest BCUT2D eigenvalue weighted by Gasteiger charge is 2.50. The van der Waals surface area contributed by atoms with Crippen LogP contribution in [-0.2, 0) is 4.74 Å². The lowest BCUT2D eigenvalue weighted by Crippen LogP contribution is -2.45. The highest BCUT2D eigenvalue weighted by Crippen LogP contribution is 2.47. The van der Waals surface area contributed by atoms with E-state index in [0.717, 1.165) is 6.42 Å². The molecular formula is C19H26N4O4. The molecule has 1 amide bonds. The number of rotatable bonds is 5. The number of esters is 1. The summed E-state index contributed by atoms with van der Waals surface area (Å²) >= 11 is 0. The Hall–Kier alpha value is -2.61. The first-order valence-electron chi connectivity index (χ1n) is 9.05. The monoisotopic (exact) mass is 374 g/mol. The van der Waals surface area contributed by atoms with Crippen LogP contribution in [0.25, 0.3) is 5.52 Å². The number of ether oxygens (including phenoxy) is 1.